The molecular formula is C26H30N2O4. The number of nitrogens with one attached hydrogen (secondary N) is 2. The maximum atomic E-state index is 5.77. The average molecular weight is 435 g/mol. The van der Waals surface area contributed by atoms with Crippen molar-refractivity contribution in [2.75, 3.05) is 39.1 Å². The van der Waals surface area contributed by atoms with Crippen molar-refractivity contribution in [2.45, 2.75) is 24.9 Å². The van der Waals surface area contributed by atoms with Gasteiger partial charge in [-0.3, -0.25) is 0 Å². The minimum Gasteiger partial charge on any atom is -0.497 e. The second-order valence-electron chi connectivity index (χ2n) is 8.08. The Labute approximate surface area is 189 Å². The molecule has 0 radical (unpaired) electrons. The molecule has 6 nitrogen and oxygen atoms in total. The Hall–Kier alpha value is -3.54. The Morgan fingerprint density at radius 1 is 0.750 bits per heavy atom. The molecule has 0 aromatic heterocycles. The van der Waals surface area contributed by atoms with E-state index in [-0.39, 0.29) is 6.04 Å². The summed E-state index contributed by atoms with van der Waals surface area (Å²) < 4.78 is 22.3. The van der Waals surface area contributed by atoms with Crippen LogP contribution in [0.5, 0.6) is 23.0 Å². The number of anilines is 2. The number of fused-ring (bicyclic) bond motifs is 1. The Balaban J connectivity index is 1.85. The first-order valence-electron chi connectivity index (χ1n) is 10.6. The molecule has 0 amide bonds. The number of benzene rings is 3. The summed E-state index contributed by atoms with van der Waals surface area (Å²) in [6, 6.07) is 20.1. The molecule has 0 unspecified atom stereocenters. The molecule has 0 aliphatic carbocycles. The van der Waals surface area contributed by atoms with E-state index >= 15 is 0 Å². The Morgan fingerprint density at radius 2 is 1.38 bits per heavy atom. The third-order valence-electron chi connectivity index (χ3n) is 6.10. The van der Waals surface area contributed by atoms with E-state index < -0.39 is 5.54 Å². The lowest BCUT2D eigenvalue weighted by molar-refractivity contribution is 0.368. The highest BCUT2D eigenvalue weighted by atomic mass is 16.5. The molecule has 32 heavy (non-hydrogen) atoms. The minimum absolute atomic E-state index is 0.0242. The quantitative estimate of drug-likeness (QED) is 0.526. The van der Waals surface area contributed by atoms with E-state index in [2.05, 4.69) is 41.8 Å². The van der Waals surface area contributed by atoms with Gasteiger partial charge in [0.1, 0.15) is 23.0 Å². The zero-order valence-electron chi connectivity index (χ0n) is 19.2. The van der Waals surface area contributed by atoms with Crippen LogP contribution >= 0.6 is 0 Å². The number of ether oxygens (including phenoxy) is 4. The van der Waals surface area contributed by atoms with E-state index in [4.69, 9.17) is 18.9 Å². The summed E-state index contributed by atoms with van der Waals surface area (Å²) in [5, 5.41) is 7.50. The Kier molecular flexibility index (Phi) is 6.04. The van der Waals surface area contributed by atoms with Crippen LogP contribution in [-0.2, 0) is 5.54 Å². The third-order valence-corrected chi connectivity index (χ3v) is 6.10. The fraction of sp³-hybridized carbons (Fsp3) is 0.308. The lowest BCUT2D eigenvalue weighted by Crippen LogP contribution is -2.34. The summed E-state index contributed by atoms with van der Waals surface area (Å²) in [5.41, 5.74) is 3.74. The van der Waals surface area contributed by atoms with Gasteiger partial charge in [0, 0.05) is 23.3 Å². The summed E-state index contributed by atoms with van der Waals surface area (Å²) in [6.45, 7) is 2.20. The molecule has 1 heterocycles. The average Bonchev–Trinajstić information content (AvgIpc) is 2.99. The van der Waals surface area contributed by atoms with Gasteiger partial charge >= 0.3 is 0 Å². The summed E-state index contributed by atoms with van der Waals surface area (Å²) in [7, 11) is 6.69. The van der Waals surface area contributed by atoms with Crippen LogP contribution in [-0.4, -0.2) is 28.4 Å². The summed E-state index contributed by atoms with van der Waals surface area (Å²) >= 11 is 0. The smallest absolute Gasteiger partial charge is 0.128 e. The maximum absolute atomic E-state index is 5.77. The number of rotatable bonds is 6. The molecular weight excluding hydrogens is 404 g/mol. The van der Waals surface area contributed by atoms with Gasteiger partial charge in [0.25, 0.3) is 0 Å². The highest BCUT2D eigenvalue weighted by Crippen LogP contribution is 2.47. The van der Waals surface area contributed by atoms with Gasteiger partial charge in [-0.15, -0.1) is 0 Å². The number of hydrogen-bond acceptors (Lipinski definition) is 6. The van der Waals surface area contributed by atoms with E-state index in [1.807, 2.05) is 36.4 Å². The van der Waals surface area contributed by atoms with Crippen molar-refractivity contribution in [2.24, 2.45) is 0 Å². The molecule has 1 aliphatic rings. The van der Waals surface area contributed by atoms with Crippen LogP contribution < -0.4 is 29.6 Å². The van der Waals surface area contributed by atoms with Crippen LogP contribution in [0.25, 0.3) is 0 Å². The Bertz CT molecular complexity index is 1100. The fourth-order valence-electron chi connectivity index (χ4n) is 4.44. The molecule has 0 fully saturated rings. The number of hydrogen-bond donors (Lipinski definition) is 2. The SMILES string of the molecule is COc1ccc([C@H]2C[C@](C)(c3ccc(OC)cc3OC)Nc3ccccc3N2)c(OC)c1. The minimum atomic E-state index is -0.438. The number of para-hydroxylation sites is 2. The van der Waals surface area contributed by atoms with E-state index in [0.717, 1.165) is 51.9 Å². The van der Waals surface area contributed by atoms with Gasteiger partial charge in [0.2, 0.25) is 0 Å². The first kappa shape index (κ1) is 21.7. The lowest BCUT2D eigenvalue weighted by atomic mass is 9.83. The molecule has 4 rings (SSSR count). The fourth-order valence-corrected chi connectivity index (χ4v) is 4.44. The van der Waals surface area contributed by atoms with E-state index in [9.17, 15) is 0 Å². The standard InChI is InChI=1S/C26H30N2O4/c1-26(20-13-11-18(30-3)15-25(20)32-5)16-23(27-21-8-6-7-9-22(21)28-26)19-12-10-17(29-2)14-24(19)31-4/h6-15,23,27-28H,16H2,1-5H3/t23-,26-/m1/s1. The predicted octanol–water partition coefficient (Wildman–Crippen LogP) is 5.61. The summed E-state index contributed by atoms with van der Waals surface area (Å²) in [4.78, 5) is 0. The molecule has 2 atom stereocenters. The van der Waals surface area contributed by atoms with Crippen molar-refractivity contribution in [3.63, 3.8) is 0 Å². The van der Waals surface area contributed by atoms with E-state index in [1.165, 1.54) is 0 Å². The first-order valence-corrected chi connectivity index (χ1v) is 10.6. The monoisotopic (exact) mass is 434 g/mol. The van der Waals surface area contributed by atoms with Crippen LogP contribution in [0.3, 0.4) is 0 Å². The third kappa shape index (κ3) is 4.00. The van der Waals surface area contributed by atoms with Crippen molar-refractivity contribution in [3.8, 4) is 23.0 Å². The largest absolute Gasteiger partial charge is 0.497 e. The van der Waals surface area contributed by atoms with Crippen molar-refractivity contribution >= 4 is 11.4 Å². The van der Waals surface area contributed by atoms with Crippen molar-refractivity contribution in [1.82, 2.24) is 0 Å². The van der Waals surface area contributed by atoms with Gasteiger partial charge in [-0.25, -0.2) is 0 Å². The van der Waals surface area contributed by atoms with Gasteiger partial charge in [-0.1, -0.05) is 12.1 Å². The van der Waals surface area contributed by atoms with Crippen molar-refractivity contribution < 1.29 is 18.9 Å². The lowest BCUT2D eigenvalue weighted by Gasteiger charge is -2.34. The molecule has 3 aromatic carbocycles. The van der Waals surface area contributed by atoms with Crippen molar-refractivity contribution in [1.29, 1.82) is 0 Å². The highest BCUT2D eigenvalue weighted by Gasteiger charge is 2.37. The van der Waals surface area contributed by atoms with Crippen LogP contribution in [0, 0.1) is 0 Å². The summed E-state index contributed by atoms with van der Waals surface area (Å²) in [6.07, 6.45) is 0.743. The summed E-state index contributed by atoms with van der Waals surface area (Å²) in [5.74, 6) is 3.08. The molecule has 3 aromatic rings. The zero-order valence-corrected chi connectivity index (χ0v) is 19.2. The van der Waals surface area contributed by atoms with Gasteiger partial charge < -0.3 is 29.6 Å². The van der Waals surface area contributed by atoms with Gasteiger partial charge in [0.15, 0.2) is 0 Å². The van der Waals surface area contributed by atoms with E-state index in [0.29, 0.717) is 0 Å². The predicted molar refractivity (Wildman–Crippen MR) is 127 cm³/mol. The van der Waals surface area contributed by atoms with Gasteiger partial charge in [-0.05, 0) is 49.7 Å². The molecule has 0 saturated heterocycles. The molecule has 0 spiro atoms. The number of methoxy groups -OCH3 is 4. The second-order valence-corrected chi connectivity index (χ2v) is 8.08. The first-order chi connectivity index (χ1) is 15.5. The molecule has 0 saturated carbocycles. The molecule has 6 heteroatoms. The Morgan fingerprint density at radius 3 is 2.03 bits per heavy atom. The van der Waals surface area contributed by atoms with Gasteiger partial charge in [0.05, 0.1) is 51.4 Å². The van der Waals surface area contributed by atoms with Gasteiger partial charge in [-0.2, -0.15) is 0 Å². The van der Waals surface area contributed by atoms with Crippen LogP contribution in [0.1, 0.15) is 30.5 Å². The maximum Gasteiger partial charge on any atom is 0.128 e. The molecule has 1 aliphatic heterocycles. The van der Waals surface area contributed by atoms with Crippen LogP contribution in [0.15, 0.2) is 60.7 Å². The topological polar surface area (TPSA) is 61.0 Å². The zero-order chi connectivity index (χ0) is 22.7. The molecule has 0 bridgehead atoms. The van der Waals surface area contributed by atoms with Crippen molar-refractivity contribution in [3.05, 3.63) is 71.8 Å². The molecule has 168 valence electrons. The van der Waals surface area contributed by atoms with Crippen LogP contribution in [0.4, 0.5) is 11.4 Å². The second kappa shape index (κ2) is 8.91. The normalized spacial score (nSPS) is 19.6. The highest BCUT2D eigenvalue weighted by molar-refractivity contribution is 5.72. The molecule has 2 N–H and O–H groups in total. The van der Waals surface area contributed by atoms with Crippen LogP contribution in [0.2, 0.25) is 0 Å². The van der Waals surface area contributed by atoms with E-state index in [1.54, 1.807) is 28.4 Å².